The average molecular weight is 550 g/mol. The van der Waals surface area contributed by atoms with Crippen LogP contribution in [0, 0.1) is 0 Å². The van der Waals surface area contributed by atoms with Gasteiger partial charge in [-0.25, -0.2) is 9.55 Å². The molecule has 11 nitrogen and oxygen atoms in total. The summed E-state index contributed by atoms with van der Waals surface area (Å²) in [5, 5.41) is 3.86. The second-order valence-electron chi connectivity index (χ2n) is 8.60. The van der Waals surface area contributed by atoms with E-state index in [1.54, 1.807) is 31.4 Å². The second-order valence-corrected chi connectivity index (χ2v) is 10.6. The second kappa shape index (κ2) is 12.5. The van der Waals surface area contributed by atoms with E-state index < -0.39 is 7.82 Å². The minimum Gasteiger partial charge on any atom is -0.497 e. The summed E-state index contributed by atoms with van der Waals surface area (Å²) in [4.78, 5) is 44.1. The van der Waals surface area contributed by atoms with Crippen molar-refractivity contribution >= 4 is 47.3 Å². The number of nitrogen functional groups attached to an aromatic ring is 1. The van der Waals surface area contributed by atoms with E-state index in [-0.39, 0.29) is 11.6 Å². The van der Waals surface area contributed by atoms with Gasteiger partial charge in [-0.05, 0) is 50.2 Å². The Balaban J connectivity index is 0.000000695. The van der Waals surface area contributed by atoms with Gasteiger partial charge in [-0.3, -0.25) is 9.69 Å². The summed E-state index contributed by atoms with van der Waals surface area (Å²) in [6.07, 6.45) is 0. The summed E-state index contributed by atoms with van der Waals surface area (Å²) in [5.41, 5.74) is 8.70. The number of carbonyl (C=O) groups excluding carboxylic acids is 1. The molecule has 1 saturated heterocycles. The Morgan fingerprint density at radius 2 is 1.73 bits per heavy atom. The predicted molar refractivity (Wildman–Crippen MR) is 146 cm³/mol. The number of hydrogen-bond acceptors (Lipinski definition) is 9. The lowest BCUT2D eigenvalue weighted by Gasteiger charge is -2.38. The zero-order valence-corrected chi connectivity index (χ0v) is 22.6. The molecule has 1 fully saturated rings. The van der Waals surface area contributed by atoms with Crippen LogP contribution >= 0.6 is 19.2 Å². The largest absolute Gasteiger partial charge is 0.497 e. The van der Waals surface area contributed by atoms with Crippen LogP contribution in [0.5, 0.6) is 5.75 Å². The number of hydrogen-bond donors (Lipinski definition) is 5. The minimum absolute atomic E-state index is 0.164. The fourth-order valence-electron chi connectivity index (χ4n) is 3.82. The standard InChI is InChI=1S/C24H29N5O2S.H3O4P/c1-16(2)28-11-13-29(14-12-28)19-9-7-18(8-10-19)26-24-27-23(25)22(32-24)21(30)17-5-4-6-20(15-17)31-3;1-5(2,3)4/h4-10,15-16H,11-14,25H2,1-3H3,(H,26,27);(H3,1,2,3,4). The van der Waals surface area contributed by atoms with E-state index in [0.717, 1.165) is 31.9 Å². The highest BCUT2D eigenvalue weighted by atomic mass is 32.1. The lowest BCUT2D eigenvalue weighted by molar-refractivity contribution is 0.104. The maximum atomic E-state index is 12.9. The Morgan fingerprint density at radius 3 is 2.30 bits per heavy atom. The number of ether oxygens (including phenoxy) is 1. The van der Waals surface area contributed by atoms with Crippen molar-refractivity contribution in [2.45, 2.75) is 19.9 Å². The monoisotopic (exact) mass is 549 g/mol. The van der Waals surface area contributed by atoms with Crippen molar-refractivity contribution in [1.82, 2.24) is 9.88 Å². The van der Waals surface area contributed by atoms with Crippen molar-refractivity contribution in [2.24, 2.45) is 0 Å². The Bertz CT molecular complexity index is 1230. The molecule has 6 N–H and O–H groups in total. The molecule has 0 radical (unpaired) electrons. The van der Waals surface area contributed by atoms with E-state index in [9.17, 15) is 4.79 Å². The van der Waals surface area contributed by atoms with Crippen LogP contribution in [0.15, 0.2) is 48.5 Å². The Morgan fingerprint density at radius 1 is 1.11 bits per heavy atom. The molecule has 2 aromatic carbocycles. The van der Waals surface area contributed by atoms with Crippen molar-refractivity contribution in [3.8, 4) is 5.75 Å². The molecule has 0 saturated carbocycles. The van der Waals surface area contributed by atoms with Crippen molar-refractivity contribution in [3.05, 3.63) is 59.0 Å². The quantitative estimate of drug-likeness (QED) is 0.217. The van der Waals surface area contributed by atoms with E-state index in [0.29, 0.717) is 27.4 Å². The molecule has 1 aliphatic heterocycles. The molecule has 0 bridgehead atoms. The lowest BCUT2D eigenvalue weighted by atomic mass is 10.1. The molecule has 3 aromatic rings. The van der Waals surface area contributed by atoms with Gasteiger partial charge >= 0.3 is 7.82 Å². The Labute approximate surface area is 219 Å². The fourth-order valence-corrected chi connectivity index (χ4v) is 4.69. The number of carbonyl (C=O) groups is 1. The number of rotatable bonds is 7. The number of phosphoric acid groups is 1. The molecule has 2 heterocycles. The van der Waals surface area contributed by atoms with E-state index >= 15 is 0 Å². The molecule has 0 spiro atoms. The maximum Gasteiger partial charge on any atom is 0.466 e. The number of ketones is 1. The number of nitrogens with one attached hydrogen (secondary N) is 1. The molecule has 37 heavy (non-hydrogen) atoms. The van der Waals surface area contributed by atoms with Crippen LogP contribution in [0.3, 0.4) is 0 Å². The van der Waals surface area contributed by atoms with Crippen LogP contribution in [0.25, 0.3) is 0 Å². The summed E-state index contributed by atoms with van der Waals surface area (Å²) in [7, 11) is -3.07. The molecule has 0 aliphatic carbocycles. The van der Waals surface area contributed by atoms with Crippen LogP contribution in [0.4, 0.5) is 22.3 Å². The maximum absolute atomic E-state index is 12.9. The van der Waals surface area contributed by atoms with Gasteiger partial charge in [0.05, 0.1) is 7.11 Å². The third-order valence-electron chi connectivity index (χ3n) is 5.72. The highest BCUT2D eigenvalue weighted by molar-refractivity contribution is 7.45. The van der Waals surface area contributed by atoms with Gasteiger partial charge in [-0.15, -0.1) is 0 Å². The predicted octanol–water partition coefficient (Wildman–Crippen LogP) is 3.31. The van der Waals surface area contributed by atoms with Crippen molar-refractivity contribution in [3.63, 3.8) is 0 Å². The highest BCUT2D eigenvalue weighted by Crippen LogP contribution is 2.31. The highest BCUT2D eigenvalue weighted by Gasteiger charge is 2.20. The Hall–Kier alpha value is -2.99. The molecule has 0 amide bonds. The smallest absolute Gasteiger partial charge is 0.466 e. The van der Waals surface area contributed by atoms with Crippen LogP contribution in [-0.4, -0.2) is 69.7 Å². The molecule has 0 atom stereocenters. The number of piperazine rings is 1. The van der Waals surface area contributed by atoms with E-state index in [1.165, 1.54) is 17.0 Å². The molecule has 200 valence electrons. The SMILES string of the molecule is COc1cccc(C(=O)c2sc(Nc3ccc(N4CCN(C(C)C)CC4)cc3)nc2N)c1.O=P(O)(O)O. The number of nitrogens with two attached hydrogens (primary N) is 1. The van der Waals surface area contributed by atoms with Gasteiger partial charge in [0.2, 0.25) is 5.78 Å². The van der Waals surface area contributed by atoms with Crippen molar-refractivity contribution < 1.29 is 28.8 Å². The van der Waals surface area contributed by atoms with Gasteiger partial charge in [0.25, 0.3) is 0 Å². The third-order valence-corrected chi connectivity index (χ3v) is 6.71. The molecular weight excluding hydrogens is 517 g/mol. The fraction of sp³-hybridized carbons (Fsp3) is 0.333. The molecule has 1 aliphatic rings. The number of methoxy groups -OCH3 is 1. The first-order valence-electron chi connectivity index (χ1n) is 11.5. The van der Waals surface area contributed by atoms with Crippen LogP contribution in [0.2, 0.25) is 0 Å². The van der Waals surface area contributed by atoms with Crippen LogP contribution < -0.4 is 20.7 Å². The van der Waals surface area contributed by atoms with Crippen molar-refractivity contribution in [1.29, 1.82) is 0 Å². The molecule has 13 heteroatoms. The first-order chi connectivity index (χ1) is 17.4. The van der Waals surface area contributed by atoms with Crippen molar-refractivity contribution in [2.75, 3.05) is 49.2 Å². The molecule has 4 rings (SSSR count). The molecular formula is C24H32N5O6PS. The first kappa shape index (κ1) is 28.6. The average Bonchev–Trinajstić information content (AvgIpc) is 3.22. The summed E-state index contributed by atoms with van der Waals surface area (Å²) < 4.78 is 14.1. The number of nitrogens with zero attached hydrogens (tertiary/aromatic N) is 3. The summed E-state index contributed by atoms with van der Waals surface area (Å²) in [6, 6.07) is 15.9. The molecule has 1 aromatic heterocycles. The van der Waals surface area contributed by atoms with Gasteiger partial charge < -0.3 is 35.4 Å². The van der Waals surface area contributed by atoms with Crippen LogP contribution in [-0.2, 0) is 4.57 Å². The number of thiazole rings is 1. The zero-order valence-electron chi connectivity index (χ0n) is 20.9. The zero-order chi connectivity index (χ0) is 27.2. The van der Waals surface area contributed by atoms with Gasteiger partial charge in [0.1, 0.15) is 16.4 Å². The summed E-state index contributed by atoms with van der Waals surface area (Å²) >= 11 is 1.25. The van der Waals surface area contributed by atoms with Crippen LogP contribution in [0.1, 0.15) is 29.1 Å². The van der Waals surface area contributed by atoms with Gasteiger partial charge in [0, 0.05) is 49.2 Å². The lowest BCUT2D eigenvalue weighted by Crippen LogP contribution is -2.48. The Kier molecular flexibility index (Phi) is 9.66. The van der Waals surface area contributed by atoms with E-state index in [1.807, 2.05) is 12.1 Å². The minimum atomic E-state index is -4.64. The van der Waals surface area contributed by atoms with Gasteiger partial charge in [-0.2, -0.15) is 0 Å². The number of benzene rings is 2. The normalized spacial score (nSPS) is 14.2. The third kappa shape index (κ3) is 8.53. The number of aromatic nitrogens is 1. The molecule has 0 unspecified atom stereocenters. The van der Waals surface area contributed by atoms with Gasteiger partial charge in [-0.1, -0.05) is 23.5 Å². The van der Waals surface area contributed by atoms with E-state index in [4.69, 9.17) is 29.7 Å². The number of anilines is 4. The van der Waals surface area contributed by atoms with E-state index in [2.05, 4.69) is 46.1 Å². The summed E-state index contributed by atoms with van der Waals surface area (Å²) in [5.74, 6) is 0.691. The topological polar surface area (TPSA) is 161 Å². The first-order valence-corrected chi connectivity index (χ1v) is 13.9. The van der Waals surface area contributed by atoms with Gasteiger partial charge in [0.15, 0.2) is 5.13 Å². The summed E-state index contributed by atoms with van der Waals surface area (Å²) in [6.45, 7) is 8.72.